The third-order valence-electron chi connectivity index (χ3n) is 4.61. The van der Waals surface area contributed by atoms with Crippen LogP contribution in [0.5, 0.6) is 0 Å². The van der Waals surface area contributed by atoms with Gasteiger partial charge in [-0.05, 0) is 41.8 Å². The van der Waals surface area contributed by atoms with E-state index < -0.39 is 0 Å². The van der Waals surface area contributed by atoms with Crippen molar-refractivity contribution in [1.29, 1.82) is 0 Å². The van der Waals surface area contributed by atoms with Gasteiger partial charge in [0.05, 0.1) is 0 Å². The van der Waals surface area contributed by atoms with Gasteiger partial charge in [0, 0.05) is 36.6 Å². The lowest BCUT2D eigenvalue weighted by Gasteiger charge is -2.15. The van der Waals surface area contributed by atoms with Gasteiger partial charge >= 0.3 is 0 Å². The molecule has 1 aliphatic heterocycles. The van der Waals surface area contributed by atoms with Crippen molar-refractivity contribution >= 4 is 11.3 Å². The highest BCUT2D eigenvalue weighted by Gasteiger charge is 2.34. The summed E-state index contributed by atoms with van der Waals surface area (Å²) in [4.78, 5) is 4.11. The first-order valence-corrected chi connectivity index (χ1v) is 8.87. The first-order valence-electron chi connectivity index (χ1n) is 7.99. The molecular weight excluding hydrogens is 276 g/mol. The Kier molecular flexibility index (Phi) is 3.80. The molecule has 1 saturated carbocycles. The molecule has 1 aromatic carbocycles. The van der Waals surface area contributed by atoms with Crippen LogP contribution in [0.15, 0.2) is 41.8 Å². The van der Waals surface area contributed by atoms with Crippen LogP contribution in [0, 0.1) is 0 Å². The second kappa shape index (κ2) is 5.91. The van der Waals surface area contributed by atoms with Crippen LogP contribution in [-0.2, 0) is 6.54 Å². The molecule has 1 atom stereocenters. The topological polar surface area (TPSA) is 15.3 Å². The normalized spacial score (nSPS) is 22.8. The van der Waals surface area contributed by atoms with Crippen LogP contribution in [0.1, 0.15) is 24.1 Å². The van der Waals surface area contributed by atoms with Crippen molar-refractivity contribution in [3.8, 4) is 11.1 Å². The fourth-order valence-electron chi connectivity index (χ4n) is 3.23. The summed E-state index contributed by atoms with van der Waals surface area (Å²) in [6, 6.07) is 14.6. The van der Waals surface area contributed by atoms with Crippen LogP contribution in [0.2, 0.25) is 0 Å². The number of nitrogens with zero attached hydrogens (tertiary/aromatic N) is 1. The van der Waals surface area contributed by atoms with Gasteiger partial charge in [-0.3, -0.25) is 4.90 Å². The molecular formula is C18H22N2S. The Balaban J connectivity index is 1.32. The third-order valence-corrected chi connectivity index (χ3v) is 5.55. The zero-order chi connectivity index (χ0) is 14.1. The van der Waals surface area contributed by atoms with E-state index in [0.717, 1.165) is 12.6 Å². The molecule has 0 amide bonds. The number of hydrogen-bond donors (Lipinski definition) is 1. The van der Waals surface area contributed by atoms with Gasteiger partial charge in [0.1, 0.15) is 0 Å². The molecule has 0 spiro atoms. The highest BCUT2D eigenvalue weighted by molar-refractivity contribution is 7.10. The molecule has 2 fully saturated rings. The van der Waals surface area contributed by atoms with E-state index >= 15 is 0 Å². The maximum Gasteiger partial charge on any atom is 0.0303 e. The second-order valence-electron chi connectivity index (χ2n) is 6.26. The molecule has 0 bridgehead atoms. The average Bonchev–Trinajstić information content (AvgIpc) is 3.09. The van der Waals surface area contributed by atoms with Gasteiger partial charge in [0.2, 0.25) is 0 Å². The number of benzene rings is 1. The van der Waals surface area contributed by atoms with E-state index in [1.807, 2.05) is 11.3 Å². The van der Waals surface area contributed by atoms with Crippen molar-refractivity contribution < 1.29 is 0 Å². The SMILES string of the molecule is c1ccc(-c2csc(CN[C@H]3CCN(C4CC4)C3)c2)cc1. The van der Waals surface area contributed by atoms with Gasteiger partial charge in [0.25, 0.3) is 0 Å². The highest BCUT2D eigenvalue weighted by atomic mass is 32.1. The standard InChI is InChI=1S/C18H22N2S/c1-2-4-14(5-3-1)15-10-18(21-13-15)11-19-16-8-9-20(12-16)17-6-7-17/h1-5,10,13,16-17,19H,6-9,11-12H2/t16-/m0/s1. The van der Waals surface area contributed by atoms with Crippen molar-refractivity contribution in [2.75, 3.05) is 13.1 Å². The average molecular weight is 298 g/mol. The molecule has 2 heterocycles. The molecule has 2 aliphatic rings. The van der Waals surface area contributed by atoms with E-state index in [2.05, 4.69) is 52.0 Å². The van der Waals surface area contributed by atoms with Gasteiger partial charge in [-0.2, -0.15) is 0 Å². The van der Waals surface area contributed by atoms with E-state index in [4.69, 9.17) is 0 Å². The lowest BCUT2D eigenvalue weighted by molar-refractivity contribution is 0.317. The van der Waals surface area contributed by atoms with Crippen molar-refractivity contribution in [2.45, 2.75) is 37.9 Å². The van der Waals surface area contributed by atoms with Crippen molar-refractivity contribution in [3.05, 3.63) is 46.7 Å². The molecule has 1 aromatic heterocycles. The summed E-state index contributed by atoms with van der Waals surface area (Å²) in [5.74, 6) is 0. The van der Waals surface area contributed by atoms with E-state index in [9.17, 15) is 0 Å². The molecule has 0 radical (unpaired) electrons. The fourth-order valence-corrected chi connectivity index (χ4v) is 4.07. The predicted octanol–water partition coefficient (Wildman–Crippen LogP) is 3.74. The van der Waals surface area contributed by atoms with Crippen LogP contribution >= 0.6 is 11.3 Å². The van der Waals surface area contributed by atoms with E-state index in [1.165, 1.54) is 48.4 Å². The van der Waals surface area contributed by atoms with Gasteiger partial charge in [-0.15, -0.1) is 11.3 Å². The van der Waals surface area contributed by atoms with E-state index in [0.29, 0.717) is 6.04 Å². The van der Waals surface area contributed by atoms with Crippen LogP contribution < -0.4 is 5.32 Å². The molecule has 4 rings (SSSR count). The molecule has 1 saturated heterocycles. The molecule has 1 aliphatic carbocycles. The minimum atomic E-state index is 0.688. The highest BCUT2D eigenvalue weighted by Crippen LogP contribution is 2.30. The Labute approximate surface area is 130 Å². The first kappa shape index (κ1) is 13.5. The quantitative estimate of drug-likeness (QED) is 0.904. The van der Waals surface area contributed by atoms with Gasteiger partial charge in [-0.1, -0.05) is 30.3 Å². The van der Waals surface area contributed by atoms with Gasteiger partial charge in [-0.25, -0.2) is 0 Å². The minimum Gasteiger partial charge on any atom is -0.308 e. The largest absolute Gasteiger partial charge is 0.308 e. The number of likely N-dealkylation sites (tertiary alicyclic amines) is 1. The molecule has 21 heavy (non-hydrogen) atoms. The molecule has 2 nitrogen and oxygen atoms in total. The number of hydrogen-bond acceptors (Lipinski definition) is 3. The van der Waals surface area contributed by atoms with E-state index in [1.54, 1.807) is 0 Å². The van der Waals surface area contributed by atoms with Crippen LogP contribution in [0.25, 0.3) is 11.1 Å². The Morgan fingerprint density at radius 3 is 2.76 bits per heavy atom. The molecule has 3 heteroatoms. The molecule has 0 unspecified atom stereocenters. The zero-order valence-electron chi connectivity index (χ0n) is 12.3. The zero-order valence-corrected chi connectivity index (χ0v) is 13.1. The summed E-state index contributed by atoms with van der Waals surface area (Å²) in [7, 11) is 0. The van der Waals surface area contributed by atoms with Crippen LogP contribution in [0.4, 0.5) is 0 Å². The second-order valence-corrected chi connectivity index (χ2v) is 7.26. The number of thiophene rings is 1. The summed E-state index contributed by atoms with van der Waals surface area (Å²) in [6.07, 6.45) is 4.17. The van der Waals surface area contributed by atoms with Crippen LogP contribution in [-0.4, -0.2) is 30.1 Å². The van der Waals surface area contributed by atoms with Gasteiger partial charge in [0.15, 0.2) is 0 Å². The van der Waals surface area contributed by atoms with Crippen LogP contribution in [0.3, 0.4) is 0 Å². The van der Waals surface area contributed by atoms with Crippen molar-refractivity contribution in [2.24, 2.45) is 0 Å². The summed E-state index contributed by atoms with van der Waals surface area (Å²) < 4.78 is 0. The monoisotopic (exact) mass is 298 g/mol. The molecule has 110 valence electrons. The van der Waals surface area contributed by atoms with Crippen molar-refractivity contribution in [3.63, 3.8) is 0 Å². The lowest BCUT2D eigenvalue weighted by atomic mass is 10.1. The van der Waals surface area contributed by atoms with E-state index in [-0.39, 0.29) is 0 Å². The summed E-state index contributed by atoms with van der Waals surface area (Å²) >= 11 is 1.87. The Hall–Kier alpha value is -1.16. The van der Waals surface area contributed by atoms with Gasteiger partial charge < -0.3 is 5.32 Å². The summed E-state index contributed by atoms with van der Waals surface area (Å²) in [6.45, 7) is 3.56. The smallest absolute Gasteiger partial charge is 0.0303 e. The maximum atomic E-state index is 3.74. The number of rotatable bonds is 5. The Morgan fingerprint density at radius 1 is 1.10 bits per heavy atom. The third kappa shape index (κ3) is 3.20. The Morgan fingerprint density at radius 2 is 1.95 bits per heavy atom. The number of nitrogens with one attached hydrogen (secondary N) is 1. The lowest BCUT2D eigenvalue weighted by Crippen LogP contribution is -2.32. The summed E-state index contributed by atoms with van der Waals surface area (Å²) in [5.41, 5.74) is 2.67. The summed E-state index contributed by atoms with van der Waals surface area (Å²) in [5, 5.41) is 6.02. The van der Waals surface area contributed by atoms with Crippen molar-refractivity contribution in [1.82, 2.24) is 10.2 Å². The predicted molar refractivity (Wildman–Crippen MR) is 89.6 cm³/mol. The fraction of sp³-hybridized carbons (Fsp3) is 0.444. The molecule has 1 N–H and O–H groups in total. The molecule has 2 aromatic rings. The first-order chi connectivity index (χ1) is 10.4. The minimum absolute atomic E-state index is 0.688. The Bertz CT molecular complexity index is 588. The maximum absolute atomic E-state index is 3.74.